The molecule has 34 heavy (non-hydrogen) atoms. The van der Waals surface area contributed by atoms with Crippen molar-refractivity contribution in [1.82, 2.24) is 4.98 Å². The topological polar surface area (TPSA) is 163 Å². The molecule has 0 bridgehead atoms. The first-order chi connectivity index (χ1) is 16.3. The second kappa shape index (κ2) is 10.4. The molecule has 0 saturated heterocycles. The molecule has 1 N–H and O–H groups in total. The van der Waals surface area contributed by atoms with E-state index in [-0.39, 0.29) is 0 Å². The van der Waals surface area contributed by atoms with E-state index in [4.69, 9.17) is 5.11 Å². The van der Waals surface area contributed by atoms with Crippen LogP contribution in [-0.2, 0) is 0 Å². The molecule has 0 aliphatic rings. The third-order valence-corrected chi connectivity index (χ3v) is 4.60. The monoisotopic (exact) mass is 460 g/mol. The zero-order valence-electron chi connectivity index (χ0n) is 17.3. The van der Waals surface area contributed by atoms with Crippen LogP contribution in [0.25, 0.3) is 22.4 Å². The highest BCUT2D eigenvalue weighted by atomic mass is 16.6. The van der Waals surface area contributed by atoms with Crippen LogP contribution < -0.4 is 0 Å². The maximum Gasteiger partial charge on any atom is 0.324 e. The van der Waals surface area contributed by atoms with E-state index < -0.39 is 37.6 Å². The van der Waals surface area contributed by atoms with Crippen LogP contribution in [0.15, 0.2) is 91.1 Å². The zero-order valence-corrected chi connectivity index (χ0v) is 17.3. The van der Waals surface area contributed by atoms with Crippen molar-refractivity contribution in [2.75, 3.05) is 0 Å². The van der Waals surface area contributed by atoms with Gasteiger partial charge in [-0.3, -0.25) is 35.3 Å². The van der Waals surface area contributed by atoms with Crippen molar-refractivity contribution >= 4 is 17.1 Å². The zero-order chi connectivity index (χ0) is 24.7. The average molecular weight is 460 g/mol. The van der Waals surface area contributed by atoms with E-state index in [0.717, 1.165) is 11.3 Å². The molecule has 4 aromatic rings. The highest BCUT2D eigenvalue weighted by molar-refractivity contribution is 5.70. The molecule has 11 heteroatoms. The van der Waals surface area contributed by atoms with Gasteiger partial charge in [-0.2, -0.15) is 0 Å². The SMILES string of the molecule is O=[N+]([O-])c1cc([N+](=O)[O-])c(O)c([N+](=O)[O-])c1.c1ccc(-c2ccnc(-c3ccccc3)c2)cc1. The molecule has 170 valence electrons. The molecule has 0 fully saturated rings. The summed E-state index contributed by atoms with van der Waals surface area (Å²) in [5.74, 6) is -1.21. The van der Waals surface area contributed by atoms with Crippen LogP contribution >= 0.6 is 0 Å². The minimum atomic E-state index is -1.21. The van der Waals surface area contributed by atoms with E-state index in [9.17, 15) is 30.3 Å². The molecule has 0 saturated carbocycles. The first kappa shape index (κ1) is 23.5. The molecule has 3 aromatic carbocycles. The number of rotatable bonds is 5. The van der Waals surface area contributed by atoms with Crippen molar-refractivity contribution in [1.29, 1.82) is 0 Å². The van der Waals surface area contributed by atoms with Gasteiger partial charge in [-0.05, 0) is 23.3 Å². The Hall–Kier alpha value is -5.19. The fraction of sp³-hybridized carbons (Fsp3) is 0. The maximum atomic E-state index is 10.4. The second-order valence-corrected chi connectivity index (χ2v) is 6.77. The molecule has 0 unspecified atom stereocenters. The third kappa shape index (κ3) is 5.53. The second-order valence-electron chi connectivity index (χ2n) is 6.77. The lowest BCUT2D eigenvalue weighted by Crippen LogP contribution is -1.97. The van der Waals surface area contributed by atoms with Gasteiger partial charge in [-0.1, -0.05) is 60.7 Å². The number of phenolic OH excluding ortho intramolecular Hbond substituents is 1. The van der Waals surface area contributed by atoms with Crippen molar-refractivity contribution in [2.45, 2.75) is 0 Å². The number of aromatic nitrogens is 1. The molecular formula is C23H16N4O7. The Labute approximate surface area is 192 Å². The Bertz CT molecular complexity index is 1260. The summed E-state index contributed by atoms with van der Waals surface area (Å²) < 4.78 is 0. The molecule has 1 heterocycles. The normalized spacial score (nSPS) is 10.0. The van der Waals surface area contributed by atoms with E-state index in [1.54, 1.807) is 0 Å². The van der Waals surface area contributed by atoms with Crippen LogP contribution in [0.5, 0.6) is 5.75 Å². The van der Waals surface area contributed by atoms with E-state index in [1.165, 1.54) is 11.1 Å². The summed E-state index contributed by atoms with van der Waals surface area (Å²) in [6.45, 7) is 0. The number of hydrogen-bond donors (Lipinski definition) is 1. The van der Waals surface area contributed by atoms with Crippen molar-refractivity contribution in [2.24, 2.45) is 0 Å². The number of hydrogen-bond acceptors (Lipinski definition) is 8. The molecule has 0 aliphatic carbocycles. The van der Waals surface area contributed by atoms with Crippen LogP contribution in [0, 0.1) is 30.3 Å². The van der Waals surface area contributed by atoms with Gasteiger partial charge in [0.1, 0.15) is 0 Å². The van der Waals surface area contributed by atoms with Gasteiger partial charge in [-0.15, -0.1) is 0 Å². The van der Waals surface area contributed by atoms with E-state index in [1.807, 2.05) is 36.5 Å². The largest absolute Gasteiger partial charge is 0.497 e. The van der Waals surface area contributed by atoms with Crippen LogP contribution in [0.4, 0.5) is 17.1 Å². The quantitative estimate of drug-likeness (QED) is 0.300. The minimum Gasteiger partial charge on any atom is -0.497 e. The lowest BCUT2D eigenvalue weighted by Gasteiger charge is -2.04. The molecule has 0 spiro atoms. The highest BCUT2D eigenvalue weighted by Gasteiger charge is 2.30. The predicted molar refractivity (Wildman–Crippen MR) is 123 cm³/mol. The summed E-state index contributed by atoms with van der Waals surface area (Å²) in [6.07, 6.45) is 1.87. The van der Waals surface area contributed by atoms with E-state index >= 15 is 0 Å². The Kier molecular flexibility index (Phi) is 7.19. The molecular weight excluding hydrogens is 444 g/mol. The van der Waals surface area contributed by atoms with Gasteiger partial charge in [-0.25, -0.2) is 0 Å². The first-order valence-electron chi connectivity index (χ1n) is 9.65. The van der Waals surface area contributed by atoms with Gasteiger partial charge < -0.3 is 5.11 Å². The Balaban J connectivity index is 0.000000192. The fourth-order valence-electron chi connectivity index (χ4n) is 2.98. The smallest absolute Gasteiger partial charge is 0.324 e. The summed E-state index contributed by atoms with van der Waals surface area (Å²) in [4.78, 5) is 32.2. The number of phenols is 1. The average Bonchev–Trinajstić information content (AvgIpc) is 2.85. The predicted octanol–water partition coefficient (Wildman–Crippen LogP) is 5.53. The van der Waals surface area contributed by atoms with Gasteiger partial charge in [0, 0.05) is 11.8 Å². The van der Waals surface area contributed by atoms with Crippen LogP contribution in [-0.4, -0.2) is 24.9 Å². The molecule has 0 aliphatic heterocycles. The summed E-state index contributed by atoms with van der Waals surface area (Å²) in [7, 11) is 0. The third-order valence-electron chi connectivity index (χ3n) is 4.60. The van der Waals surface area contributed by atoms with Crippen LogP contribution in [0.3, 0.4) is 0 Å². The van der Waals surface area contributed by atoms with Crippen molar-refractivity contribution in [3.05, 3.63) is 121 Å². The number of aromatic hydroxyl groups is 1. The molecule has 0 atom stereocenters. The molecule has 4 rings (SSSR count). The number of non-ortho nitro benzene ring substituents is 1. The summed E-state index contributed by atoms with van der Waals surface area (Å²) in [6, 6.07) is 25.7. The summed E-state index contributed by atoms with van der Waals surface area (Å²) in [5.41, 5.74) is 1.58. The van der Waals surface area contributed by atoms with Gasteiger partial charge in [0.2, 0.25) is 0 Å². The fourth-order valence-corrected chi connectivity index (χ4v) is 2.98. The van der Waals surface area contributed by atoms with Crippen LogP contribution in [0.2, 0.25) is 0 Å². The Morgan fingerprint density at radius 1 is 0.618 bits per heavy atom. The minimum absolute atomic E-state index is 0.447. The lowest BCUT2D eigenvalue weighted by molar-refractivity contribution is -0.404. The summed E-state index contributed by atoms with van der Waals surface area (Å²) in [5, 5.41) is 40.2. The number of nitro benzene ring substituents is 3. The van der Waals surface area contributed by atoms with Gasteiger partial charge in [0.05, 0.1) is 32.6 Å². The maximum absolute atomic E-state index is 10.4. The van der Waals surface area contributed by atoms with Crippen molar-refractivity contribution < 1.29 is 19.9 Å². The van der Waals surface area contributed by atoms with Gasteiger partial charge in [0.25, 0.3) is 11.4 Å². The molecule has 0 radical (unpaired) electrons. The number of benzene rings is 3. The molecule has 0 amide bonds. The lowest BCUT2D eigenvalue weighted by atomic mass is 10.0. The van der Waals surface area contributed by atoms with Crippen molar-refractivity contribution in [3.63, 3.8) is 0 Å². The Morgan fingerprint density at radius 3 is 1.59 bits per heavy atom. The highest BCUT2D eigenvalue weighted by Crippen LogP contribution is 2.39. The number of nitrogens with zero attached hydrogens (tertiary/aromatic N) is 4. The number of nitro groups is 3. The Morgan fingerprint density at radius 2 is 1.12 bits per heavy atom. The summed E-state index contributed by atoms with van der Waals surface area (Å²) >= 11 is 0. The molecule has 11 nitrogen and oxygen atoms in total. The standard InChI is InChI=1S/C17H13N.C6H3N3O7/c1-3-7-14(8-4-1)16-11-12-18-17(13-16)15-9-5-2-6-10-15;10-6-4(8(13)14)1-3(7(11)12)2-5(6)9(15)16/h1-13H;1-2,10H. The van der Waals surface area contributed by atoms with Gasteiger partial charge in [0.15, 0.2) is 0 Å². The first-order valence-corrected chi connectivity index (χ1v) is 9.65. The van der Waals surface area contributed by atoms with Gasteiger partial charge >= 0.3 is 11.4 Å². The number of pyridine rings is 1. The van der Waals surface area contributed by atoms with Crippen LogP contribution in [0.1, 0.15) is 0 Å². The molecule has 1 aromatic heterocycles. The van der Waals surface area contributed by atoms with E-state index in [0.29, 0.717) is 12.1 Å². The van der Waals surface area contributed by atoms with Crippen molar-refractivity contribution in [3.8, 4) is 28.1 Å². The van der Waals surface area contributed by atoms with E-state index in [2.05, 4.69) is 47.4 Å².